The number of aromatic nitrogens is 1. The zero-order valence-electron chi connectivity index (χ0n) is 32.7. The number of aliphatic hydroxyl groups excluding tert-OH is 1. The Labute approximate surface area is 337 Å². The topological polar surface area (TPSA) is 160 Å². The molecule has 3 fully saturated rings. The van der Waals surface area contributed by atoms with E-state index < -0.39 is 12.1 Å². The van der Waals surface area contributed by atoms with Gasteiger partial charge in [-0.15, -0.1) is 0 Å². The monoisotopic (exact) mass is 789 g/mol. The first-order valence-electron chi connectivity index (χ1n) is 20.0. The van der Waals surface area contributed by atoms with Gasteiger partial charge in [0.25, 0.3) is 0 Å². The number of unbranched alkanes of at least 4 members (excludes halogenated alkanes) is 1. The molecule has 3 saturated heterocycles. The lowest BCUT2D eigenvalue weighted by Crippen LogP contribution is -2.52. The second kappa shape index (κ2) is 19.2. The van der Waals surface area contributed by atoms with Gasteiger partial charge >= 0.3 is 11.9 Å². The van der Waals surface area contributed by atoms with E-state index in [2.05, 4.69) is 15.2 Å². The molecule has 12 heteroatoms. The summed E-state index contributed by atoms with van der Waals surface area (Å²) in [5.41, 5.74) is 3.66. The number of ether oxygens (including phenoxy) is 4. The number of phenolic OH excluding ortho intramolecular Hbond substituents is 1. The Morgan fingerprint density at radius 1 is 0.931 bits per heavy atom. The minimum Gasteiger partial charge on any atom is -0.506 e. The molecule has 3 atom stereocenters. The number of hydrogen-bond donors (Lipinski definition) is 4. The van der Waals surface area contributed by atoms with Crippen LogP contribution >= 0.6 is 0 Å². The van der Waals surface area contributed by atoms with Crippen LogP contribution in [-0.2, 0) is 20.9 Å². The Kier molecular flexibility index (Phi) is 13.4. The highest BCUT2D eigenvalue weighted by molar-refractivity contribution is 5.92. The summed E-state index contributed by atoms with van der Waals surface area (Å²) < 4.78 is 23.4. The highest BCUT2D eigenvalue weighted by atomic mass is 16.5. The Hall–Kier alpha value is -5.69. The third kappa shape index (κ3) is 10.1. The van der Waals surface area contributed by atoms with Crippen LogP contribution < -0.4 is 20.3 Å². The number of aromatic amines is 1. The third-order valence-electron chi connectivity index (χ3n) is 11.2. The molecule has 0 amide bonds. The zero-order valence-corrected chi connectivity index (χ0v) is 32.7. The number of rotatable bonds is 18. The predicted molar refractivity (Wildman–Crippen MR) is 219 cm³/mol. The normalized spacial score (nSPS) is 18.3. The van der Waals surface area contributed by atoms with E-state index in [9.17, 15) is 24.6 Å². The molecule has 4 heterocycles. The Balaban J connectivity index is 0.878. The van der Waals surface area contributed by atoms with Gasteiger partial charge in [0.15, 0.2) is 0 Å². The molecule has 4 aromatic carbocycles. The maximum atomic E-state index is 13.4. The molecule has 3 aliphatic heterocycles. The van der Waals surface area contributed by atoms with Crippen molar-refractivity contribution in [2.24, 2.45) is 5.92 Å². The molecule has 5 aromatic rings. The fourth-order valence-electron chi connectivity index (χ4n) is 8.02. The molecule has 12 nitrogen and oxygen atoms in total. The highest BCUT2D eigenvalue weighted by Gasteiger charge is 2.37. The lowest BCUT2D eigenvalue weighted by atomic mass is 9.85. The summed E-state index contributed by atoms with van der Waals surface area (Å²) in [6.45, 7) is 4.30. The van der Waals surface area contributed by atoms with Crippen molar-refractivity contribution in [1.82, 2.24) is 15.2 Å². The quantitative estimate of drug-likeness (QED) is 0.0588. The van der Waals surface area contributed by atoms with Gasteiger partial charge in [0, 0.05) is 30.5 Å². The van der Waals surface area contributed by atoms with Gasteiger partial charge in [0.05, 0.1) is 31.8 Å². The van der Waals surface area contributed by atoms with E-state index in [-0.39, 0.29) is 61.0 Å². The van der Waals surface area contributed by atoms with Crippen LogP contribution in [0.4, 0.5) is 0 Å². The molecule has 2 bridgehead atoms. The van der Waals surface area contributed by atoms with Gasteiger partial charge in [-0.2, -0.15) is 0 Å². The first-order chi connectivity index (χ1) is 28.2. The van der Waals surface area contributed by atoms with Gasteiger partial charge < -0.3 is 39.5 Å². The number of carbonyl (C=O) groups is 2. The molecule has 0 aliphatic carbocycles. The number of nitrogens with one attached hydrogen (secondary N) is 2. The molecule has 3 aliphatic rings. The average Bonchev–Trinajstić information content (AvgIpc) is 3.25. The second-order valence-electron chi connectivity index (χ2n) is 15.1. The number of methoxy groups -OCH3 is 1. The van der Waals surface area contributed by atoms with Crippen LogP contribution in [0.1, 0.15) is 76.7 Å². The highest BCUT2D eigenvalue weighted by Crippen LogP contribution is 2.34. The third-order valence-corrected chi connectivity index (χ3v) is 11.2. The Morgan fingerprint density at radius 3 is 2.52 bits per heavy atom. The minimum absolute atomic E-state index is 0.0374. The fourth-order valence-corrected chi connectivity index (χ4v) is 8.02. The number of carbonyl (C=O) groups excluding carboxylic acids is 2. The maximum absolute atomic E-state index is 13.4. The number of fused-ring (bicyclic) bond motifs is 4. The first kappa shape index (κ1) is 40.5. The lowest BCUT2D eigenvalue weighted by Gasteiger charge is -2.44. The summed E-state index contributed by atoms with van der Waals surface area (Å²) in [5.74, 6) is 0.558. The summed E-state index contributed by atoms with van der Waals surface area (Å²) in [7, 11) is 1.51. The van der Waals surface area contributed by atoms with E-state index in [4.69, 9.17) is 18.9 Å². The van der Waals surface area contributed by atoms with Crippen LogP contribution in [0, 0.1) is 5.92 Å². The number of aromatic hydroxyl groups is 1. The minimum atomic E-state index is -0.855. The van der Waals surface area contributed by atoms with Gasteiger partial charge in [0.1, 0.15) is 35.5 Å². The zero-order chi connectivity index (χ0) is 40.4. The van der Waals surface area contributed by atoms with Gasteiger partial charge in [-0.1, -0.05) is 54.6 Å². The molecule has 0 saturated carbocycles. The summed E-state index contributed by atoms with van der Waals surface area (Å²) in [6, 6.07) is 29.1. The van der Waals surface area contributed by atoms with E-state index in [1.807, 2.05) is 60.7 Å². The molecule has 8 rings (SSSR count). The number of nitrogens with zero attached hydrogens (tertiary/aromatic N) is 1. The van der Waals surface area contributed by atoms with E-state index in [0.717, 1.165) is 49.2 Å². The standard InChI is InChI=1S/C46H51N3O9/c1-55-41-24-30(12-13-37(41)46(54)56-23-6-5-20-47-27-40(51)35-14-16-39(50)45-36(35)15-17-43(52)48-45)29-57-34-11-7-10-33(25-34)38(31-8-3-2-4-9-31)26-44(53)58-42-28-49-21-18-32(42)19-22-49/h2-4,7-17,24-25,32,38,40,42,47,50-51H,5-6,18-23,26-29H2,1H3,(H,48,52)/t38-,40-,42-/m0/s1. The van der Waals surface area contributed by atoms with Crippen LogP contribution in [0.15, 0.2) is 102 Å². The van der Waals surface area contributed by atoms with Crippen LogP contribution in [-0.4, -0.2) is 84.6 Å². The van der Waals surface area contributed by atoms with Crippen molar-refractivity contribution in [2.75, 3.05) is 46.4 Å². The molecule has 4 N–H and O–H groups in total. The van der Waals surface area contributed by atoms with Crippen LogP contribution in [0.2, 0.25) is 0 Å². The van der Waals surface area contributed by atoms with Gasteiger partial charge in [-0.3, -0.25) is 14.5 Å². The Bertz CT molecular complexity index is 2240. The van der Waals surface area contributed by atoms with Crippen molar-refractivity contribution in [3.05, 3.63) is 135 Å². The molecule has 0 radical (unpaired) electrons. The second-order valence-corrected chi connectivity index (χ2v) is 15.1. The van der Waals surface area contributed by atoms with Crippen molar-refractivity contribution in [3.8, 4) is 17.2 Å². The number of aliphatic hydroxyl groups is 1. The van der Waals surface area contributed by atoms with Gasteiger partial charge in [-0.25, -0.2) is 4.79 Å². The summed E-state index contributed by atoms with van der Waals surface area (Å²) in [4.78, 5) is 43.0. The van der Waals surface area contributed by atoms with Crippen LogP contribution in [0.25, 0.3) is 10.9 Å². The smallest absolute Gasteiger partial charge is 0.341 e. The molecule has 304 valence electrons. The van der Waals surface area contributed by atoms with Gasteiger partial charge in [-0.05, 0) is 110 Å². The van der Waals surface area contributed by atoms with Crippen molar-refractivity contribution in [2.45, 2.75) is 56.8 Å². The largest absolute Gasteiger partial charge is 0.506 e. The predicted octanol–water partition coefficient (Wildman–Crippen LogP) is 6.24. The van der Waals surface area contributed by atoms with E-state index >= 15 is 0 Å². The number of esters is 2. The molecule has 58 heavy (non-hydrogen) atoms. The van der Waals surface area contributed by atoms with Crippen LogP contribution in [0.5, 0.6) is 17.2 Å². The summed E-state index contributed by atoms with van der Waals surface area (Å²) in [5, 5.41) is 24.6. The Morgan fingerprint density at radius 2 is 1.74 bits per heavy atom. The van der Waals surface area contributed by atoms with Crippen molar-refractivity contribution in [3.63, 3.8) is 0 Å². The van der Waals surface area contributed by atoms with E-state index in [1.165, 1.54) is 19.2 Å². The van der Waals surface area contributed by atoms with E-state index in [1.54, 1.807) is 24.3 Å². The molecule has 0 spiro atoms. The first-order valence-corrected chi connectivity index (χ1v) is 20.0. The summed E-state index contributed by atoms with van der Waals surface area (Å²) in [6.07, 6.45) is 2.82. The fraction of sp³-hybridized carbons (Fsp3) is 0.370. The van der Waals surface area contributed by atoms with Crippen LogP contribution in [0.3, 0.4) is 0 Å². The SMILES string of the molecule is COc1cc(COc2cccc([C@@H](CC(=O)O[C@H]3CN4CCC3CC4)c3ccccc3)c2)ccc1C(=O)OCCCCNC[C@H](O)c1ccc(O)c2[nH]c(=O)ccc12. The van der Waals surface area contributed by atoms with Gasteiger partial charge in [0.2, 0.25) is 5.56 Å². The summed E-state index contributed by atoms with van der Waals surface area (Å²) >= 11 is 0. The maximum Gasteiger partial charge on any atom is 0.341 e. The molecular formula is C46H51N3O9. The number of benzene rings is 4. The number of hydrogen-bond acceptors (Lipinski definition) is 11. The number of piperidine rings is 3. The van der Waals surface area contributed by atoms with Crippen molar-refractivity contribution < 1.29 is 38.7 Å². The number of phenols is 1. The molecule has 1 aromatic heterocycles. The molecular weight excluding hydrogens is 739 g/mol. The van der Waals surface area contributed by atoms with Crippen molar-refractivity contribution in [1.29, 1.82) is 0 Å². The molecule has 0 unspecified atom stereocenters. The van der Waals surface area contributed by atoms with E-state index in [0.29, 0.717) is 53.3 Å². The van der Waals surface area contributed by atoms with Crippen molar-refractivity contribution >= 4 is 22.8 Å². The average molecular weight is 790 g/mol. The lowest BCUT2D eigenvalue weighted by molar-refractivity contribution is -0.159. The number of H-pyrrole nitrogens is 1. The number of pyridine rings is 1.